The highest BCUT2D eigenvalue weighted by Gasteiger charge is 2.31. The van der Waals surface area contributed by atoms with Gasteiger partial charge in [-0.1, -0.05) is 54.6 Å². The van der Waals surface area contributed by atoms with Crippen molar-refractivity contribution in [3.63, 3.8) is 0 Å². The third-order valence-electron chi connectivity index (χ3n) is 5.67. The SMILES string of the molecule is Cc1c(C(=O)NC(Cc2ccc(-c3ccc(OC(F)(F)F)cc3)cc2)C(=O)O)cnn1-c1ccccc1. The third kappa shape index (κ3) is 6.35. The van der Waals surface area contributed by atoms with Crippen LogP contribution in [0.4, 0.5) is 13.2 Å². The van der Waals surface area contributed by atoms with Crippen molar-refractivity contribution in [3.05, 3.63) is 102 Å². The lowest BCUT2D eigenvalue weighted by Crippen LogP contribution is -2.42. The number of carbonyl (C=O) groups excluding carboxylic acids is 1. The molecule has 0 aliphatic heterocycles. The van der Waals surface area contributed by atoms with Crippen LogP contribution >= 0.6 is 0 Å². The number of carbonyl (C=O) groups is 2. The molecule has 0 aliphatic rings. The molecule has 4 rings (SSSR count). The van der Waals surface area contributed by atoms with E-state index in [-0.39, 0.29) is 17.7 Å². The molecular formula is C27H22F3N3O4. The third-order valence-corrected chi connectivity index (χ3v) is 5.67. The van der Waals surface area contributed by atoms with Crippen molar-refractivity contribution >= 4 is 11.9 Å². The van der Waals surface area contributed by atoms with Crippen molar-refractivity contribution in [3.8, 4) is 22.6 Å². The van der Waals surface area contributed by atoms with E-state index in [1.807, 2.05) is 30.3 Å². The van der Waals surface area contributed by atoms with Gasteiger partial charge in [0, 0.05) is 6.42 Å². The van der Waals surface area contributed by atoms with E-state index in [9.17, 15) is 27.9 Å². The highest BCUT2D eigenvalue weighted by molar-refractivity contribution is 5.97. The number of hydrogen-bond acceptors (Lipinski definition) is 4. The van der Waals surface area contributed by atoms with Crippen LogP contribution in [0, 0.1) is 6.92 Å². The topological polar surface area (TPSA) is 93.4 Å². The number of halogens is 3. The maximum Gasteiger partial charge on any atom is 0.573 e. The van der Waals surface area contributed by atoms with Gasteiger partial charge in [0.1, 0.15) is 11.8 Å². The summed E-state index contributed by atoms with van der Waals surface area (Å²) in [6, 6.07) is 20.3. The van der Waals surface area contributed by atoms with Crippen LogP contribution in [0.5, 0.6) is 5.75 Å². The fourth-order valence-corrected chi connectivity index (χ4v) is 3.82. The molecule has 190 valence electrons. The first kappa shape index (κ1) is 25.5. The summed E-state index contributed by atoms with van der Waals surface area (Å²) >= 11 is 0. The first-order valence-electron chi connectivity index (χ1n) is 11.2. The van der Waals surface area contributed by atoms with Gasteiger partial charge < -0.3 is 15.2 Å². The van der Waals surface area contributed by atoms with Gasteiger partial charge in [-0.3, -0.25) is 4.79 Å². The van der Waals surface area contributed by atoms with Crippen LogP contribution in [-0.4, -0.2) is 39.2 Å². The quantitative estimate of drug-likeness (QED) is 0.342. The Morgan fingerprint density at radius 3 is 2.14 bits per heavy atom. The highest BCUT2D eigenvalue weighted by Crippen LogP contribution is 2.27. The van der Waals surface area contributed by atoms with E-state index in [0.717, 1.165) is 11.3 Å². The van der Waals surface area contributed by atoms with Gasteiger partial charge in [0.05, 0.1) is 23.1 Å². The average molecular weight is 509 g/mol. The van der Waals surface area contributed by atoms with Crippen molar-refractivity contribution in [2.45, 2.75) is 25.7 Å². The molecule has 0 aliphatic carbocycles. The van der Waals surface area contributed by atoms with Crippen LogP contribution in [-0.2, 0) is 11.2 Å². The van der Waals surface area contributed by atoms with E-state index >= 15 is 0 Å². The first-order chi connectivity index (χ1) is 17.6. The van der Waals surface area contributed by atoms with Crippen LogP contribution in [0.3, 0.4) is 0 Å². The molecule has 1 heterocycles. The van der Waals surface area contributed by atoms with Gasteiger partial charge in [0.2, 0.25) is 0 Å². The normalized spacial score (nSPS) is 12.1. The summed E-state index contributed by atoms with van der Waals surface area (Å²) < 4.78 is 42.5. The molecule has 2 N–H and O–H groups in total. The summed E-state index contributed by atoms with van der Waals surface area (Å²) in [6.07, 6.45) is -3.33. The van der Waals surface area contributed by atoms with Gasteiger partial charge in [-0.25, -0.2) is 9.48 Å². The van der Waals surface area contributed by atoms with Crippen molar-refractivity contribution in [1.29, 1.82) is 0 Å². The zero-order valence-corrected chi connectivity index (χ0v) is 19.6. The lowest BCUT2D eigenvalue weighted by atomic mass is 10.0. The molecule has 0 saturated carbocycles. The molecule has 10 heteroatoms. The maximum absolute atomic E-state index is 12.9. The van der Waals surface area contributed by atoms with E-state index in [4.69, 9.17) is 0 Å². The molecule has 7 nitrogen and oxygen atoms in total. The van der Waals surface area contributed by atoms with Crippen LogP contribution in [0.25, 0.3) is 16.8 Å². The van der Waals surface area contributed by atoms with Gasteiger partial charge in [0.25, 0.3) is 5.91 Å². The van der Waals surface area contributed by atoms with Crippen LogP contribution in [0.15, 0.2) is 85.1 Å². The Morgan fingerprint density at radius 2 is 1.57 bits per heavy atom. The van der Waals surface area contributed by atoms with Crippen LogP contribution in [0.1, 0.15) is 21.6 Å². The molecule has 37 heavy (non-hydrogen) atoms. The molecule has 1 amide bonds. The Morgan fingerprint density at radius 1 is 0.973 bits per heavy atom. The molecule has 0 radical (unpaired) electrons. The van der Waals surface area contributed by atoms with Crippen LogP contribution < -0.4 is 10.1 Å². The highest BCUT2D eigenvalue weighted by atomic mass is 19.4. The fraction of sp³-hybridized carbons (Fsp3) is 0.148. The number of aromatic nitrogens is 2. The first-order valence-corrected chi connectivity index (χ1v) is 11.2. The smallest absolute Gasteiger partial charge is 0.480 e. The molecule has 3 aromatic carbocycles. The lowest BCUT2D eigenvalue weighted by molar-refractivity contribution is -0.274. The second-order valence-electron chi connectivity index (χ2n) is 8.23. The van der Waals surface area contributed by atoms with Gasteiger partial charge in [0.15, 0.2) is 0 Å². The average Bonchev–Trinajstić information content (AvgIpc) is 3.25. The summed E-state index contributed by atoms with van der Waals surface area (Å²) in [5, 5.41) is 16.5. The number of aliphatic carboxylic acids is 1. The number of carboxylic acids is 1. The molecule has 1 atom stereocenters. The van der Waals surface area contributed by atoms with Crippen LogP contribution in [0.2, 0.25) is 0 Å². The number of rotatable bonds is 8. The molecule has 0 fully saturated rings. The molecular weight excluding hydrogens is 487 g/mol. The van der Waals surface area contributed by atoms with E-state index in [2.05, 4.69) is 15.2 Å². The number of carboxylic acid groups (broad SMARTS) is 1. The Hall–Kier alpha value is -4.60. The van der Waals surface area contributed by atoms with E-state index in [1.165, 1.54) is 30.5 Å². The second kappa shape index (κ2) is 10.6. The van der Waals surface area contributed by atoms with Crippen molar-refractivity contribution in [1.82, 2.24) is 15.1 Å². The Balaban J connectivity index is 1.43. The number of alkyl halides is 3. The minimum Gasteiger partial charge on any atom is -0.480 e. The summed E-state index contributed by atoms with van der Waals surface area (Å²) in [4.78, 5) is 24.7. The predicted molar refractivity (Wildman–Crippen MR) is 129 cm³/mol. The minimum atomic E-state index is -4.76. The molecule has 0 saturated heterocycles. The van der Waals surface area contributed by atoms with E-state index < -0.39 is 24.3 Å². The number of nitrogens with one attached hydrogen (secondary N) is 1. The van der Waals surface area contributed by atoms with E-state index in [1.54, 1.807) is 35.9 Å². The standard InChI is InChI=1S/C27H22F3N3O4/c1-17-23(16-31-33(17)21-5-3-2-4-6-21)25(34)32-24(26(35)36)15-18-7-9-19(10-8-18)20-11-13-22(14-12-20)37-27(28,29)30/h2-14,16,24H,15H2,1H3,(H,32,34)(H,35,36). The number of amides is 1. The summed E-state index contributed by atoms with van der Waals surface area (Å²) in [5.41, 5.74) is 3.66. The number of hydrogen-bond donors (Lipinski definition) is 2. The Kier molecular flexibility index (Phi) is 7.28. The van der Waals surface area contributed by atoms with Gasteiger partial charge in [-0.15, -0.1) is 13.2 Å². The monoisotopic (exact) mass is 509 g/mol. The van der Waals surface area contributed by atoms with Gasteiger partial charge in [-0.2, -0.15) is 5.10 Å². The number of para-hydroxylation sites is 1. The molecule has 4 aromatic rings. The molecule has 1 aromatic heterocycles. The Labute approximate surface area is 210 Å². The zero-order chi connectivity index (χ0) is 26.6. The van der Waals surface area contributed by atoms with Crippen molar-refractivity contribution < 1.29 is 32.6 Å². The van der Waals surface area contributed by atoms with Gasteiger partial charge in [-0.05, 0) is 47.9 Å². The zero-order valence-electron chi connectivity index (χ0n) is 19.6. The van der Waals surface area contributed by atoms with Crippen molar-refractivity contribution in [2.24, 2.45) is 0 Å². The summed E-state index contributed by atoms with van der Waals surface area (Å²) in [5.74, 6) is -2.06. The number of benzene rings is 3. The summed E-state index contributed by atoms with van der Waals surface area (Å²) in [6.45, 7) is 1.73. The molecule has 1 unspecified atom stereocenters. The lowest BCUT2D eigenvalue weighted by Gasteiger charge is -2.15. The van der Waals surface area contributed by atoms with Crippen molar-refractivity contribution in [2.75, 3.05) is 0 Å². The second-order valence-corrected chi connectivity index (χ2v) is 8.23. The largest absolute Gasteiger partial charge is 0.573 e. The minimum absolute atomic E-state index is 0.0333. The Bertz CT molecular complexity index is 1380. The maximum atomic E-state index is 12.9. The predicted octanol–water partition coefficient (Wildman–Crippen LogP) is 5.17. The van der Waals surface area contributed by atoms with Gasteiger partial charge >= 0.3 is 12.3 Å². The number of ether oxygens (including phenoxy) is 1. The molecule has 0 spiro atoms. The summed E-state index contributed by atoms with van der Waals surface area (Å²) in [7, 11) is 0. The molecule has 0 bridgehead atoms. The fourth-order valence-electron chi connectivity index (χ4n) is 3.82. The van der Waals surface area contributed by atoms with E-state index in [0.29, 0.717) is 16.8 Å². The number of nitrogens with zero attached hydrogens (tertiary/aromatic N) is 2.